The Kier molecular flexibility index (Phi) is 5.15. The van der Waals surface area contributed by atoms with E-state index >= 15 is 0 Å². The molecule has 0 aliphatic rings. The van der Waals surface area contributed by atoms with Crippen molar-refractivity contribution in [2.24, 2.45) is 0 Å². The van der Waals surface area contributed by atoms with E-state index < -0.39 is 10.8 Å². The monoisotopic (exact) mass is 266 g/mol. The van der Waals surface area contributed by atoms with Crippen molar-refractivity contribution in [1.29, 1.82) is 0 Å². The van der Waals surface area contributed by atoms with Crippen LogP contribution in [0.2, 0.25) is 5.02 Å². The van der Waals surface area contributed by atoms with Crippen molar-refractivity contribution in [3.8, 4) is 12.3 Å². The Labute approximate surface area is 109 Å². The highest BCUT2D eigenvalue weighted by atomic mass is 35.5. The van der Waals surface area contributed by atoms with Gasteiger partial charge in [-0.3, -0.25) is 14.9 Å². The molecule has 0 fully saturated rings. The molecule has 0 aliphatic heterocycles. The molecule has 18 heavy (non-hydrogen) atoms. The summed E-state index contributed by atoms with van der Waals surface area (Å²) in [5, 5.41) is 13.6. The second-order valence-electron chi connectivity index (χ2n) is 3.48. The lowest BCUT2D eigenvalue weighted by molar-refractivity contribution is -0.385. The van der Waals surface area contributed by atoms with E-state index in [1.54, 1.807) is 0 Å². The number of unbranched alkanes of at least 4 members (excludes halogenated alkanes) is 1. The van der Waals surface area contributed by atoms with Gasteiger partial charge in [0, 0.05) is 24.1 Å². The second-order valence-corrected chi connectivity index (χ2v) is 3.92. The Morgan fingerprint density at radius 2 is 2.28 bits per heavy atom. The van der Waals surface area contributed by atoms with Crippen LogP contribution in [-0.4, -0.2) is 17.4 Å². The van der Waals surface area contributed by atoms with Crippen LogP contribution in [0.3, 0.4) is 0 Å². The number of terminal acetylenes is 1. The van der Waals surface area contributed by atoms with Crippen LogP contribution in [0.15, 0.2) is 18.2 Å². The zero-order valence-corrected chi connectivity index (χ0v) is 10.2. The number of hydrogen-bond donors (Lipinski definition) is 1. The zero-order valence-electron chi connectivity index (χ0n) is 9.48. The lowest BCUT2D eigenvalue weighted by Gasteiger charge is -2.05. The van der Waals surface area contributed by atoms with Crippen LogP contribution >= 0.6 is 11.6 Å². The van der Waals surface area contributed by atoms with Crippen molar-refractivity contribution < 1.29 is 9.72 Å². The van der Waals surface area contributed by atoms with Gasteiger partial charge in [-0.05, 0) is 18.6 Å². The molecule has 6 heteroatoms. The van der Waals surface area contributed by atoms with E-state index in [4.69, 9.17) is 18.0 Å². The Morgan fingerprint density at radius 1 is 1.56 bits per heavy atom. The molecule has 5 nitrogen and oxygen atoms in total. The summed E-state index contributed by atoms with van der Waals surface area (Å²) in [6, 6.07) is 3.85. The summed E-state index contributed by atoms with van der Waals surface area (Å²) in [7, 11) is 0. The average Bonchev–Trinajstić information content (AvgIpc) is 2.34. The van der Waals surface area contributed by atoms with Crippen LogP contribution in [0.5, 0.6) is 0 Å². The molecule has 1 aromatic carbocycles. The van der Waals surface area contributed by atoms with Gasteiger partial charge in [0.05, 0.1) is 4.92 Å². The van der Waals surface area contributed by atoms with E-state index in [0.717, 1.165) is 0 Å². The van der Waals surface area contributed by atoms with E-state index in [9.17, 15) is 14.9 Å². The molecule has 0 atom stereocenters. The number of nitrogens with one attached hydrogen (secondary N) is 1. The van der Waals surface area contributed by atoms with Gasteiger partial charge in [-0.1, -0.05) is 11.6 Å². The third kappa shape index (κ3) is 3.75. The number of rotatable bonds is 5. The second kappa shape index (κ2) is 6.62. The summed E-state index contributed by atoms with van der Waals surface area (Å²) in [6.45, 7) is 0.368. The molecular formula is C12H11ClN2O3. The fraction of sp³-hybridized carbons (Fsp3) is 0.250. The number of benzene rings is 1. The number of carbonyl (C=O) groups is 1. The largest absolute Gasteiger partial charge is 0.352 e. The number of hydrogen-bond acceptors (Lipinski definition) is 3. The summed E-state index contributed by atoms with van der Waals surface area (Å²) < 4.78 is 0. The lowest BCUT2D eigenvalue weighted by atomic mass is 10.1. The minimum atomic E-state index is -0.618. The lowest BCUT2D eigenvalue weighted by Crippen LogP contribution is -2.25. The third-order valence-electron chi connectivity index (χ3n) is 2.18. The fourth-order valence-corrected chi connectivity index (χ4v) is 1.51. The highest BCUT2D eigenvalue weighted by Crippen LogP contribution is 2.22. The molecule has 0 bridgehead atoms. The first-order valence-corrected chi connectivity index (χ1v) is 5.59. The number of nitro benzene ring substituents is 1. The highest BCUT2D eigenvalue weighted by molar-refractivity contribution is 6.31. The first kappa shape index (κ1) is 14.0. The number of amides is 1. The first-order chi connectivity index (χ1) is 8.56. The van der Waals surface area contributed by atoms with E-state index in [1.807, 2.05) is 0 Å². The SMILES string of the molecule is C#CCCCNC(=O)c1cc(Cl)ccc1[N+](=O)[O-]. The van der Waals surface area contributed by atoms with Crippen LogP contribution in [-0.2, 0) is 0 Å². The summed E-state index contributed by atoms with van der Waals surface area (Å²) in [5.74, 6) is 1.91. The Hall–Kier alpha value is -2.06. The van der Waals surface area contributed by atoms with Gasteiger partial charge in [0.1, 0.15) is 5.56 Å². The molecule has 0 spiro atoms. The van der Waals surface area contributed by atoms with Gasteiger partial charge in [-0.25, -0.2) is 0 Å². The number of carbonyl (C=O) groups excluding carboxylic acids is 1. The molecule has 0 saturated carbocycles. The van der Waals surface area contributed by atoms with E-state index in [0.29, 0.717) is 19.4 Å². The molecule has 0 heterocycles. The van der Waals surface area contributed by atoms with Gasteiger partial charge in [0.2, 0.25) is 0 Å². The minimum absolute atomic E-state index is 0.0480. The molecule has 0 saturated heterocycles. The van der Waals surface area contributed by atoms with Gasteiger partial charge >= 0.3 is 0 Å². The average molecular weight is 267 g/mol. The van der Waals surface area contributed by atoms with Gasteiger partial charge in [0.25, 0.3) is 11.6 Å². The Bertz CT molecular complexity index is 509. The Morgan fingerprint density at radius 3 is 2.89 bits per heavy atom. The quantitative estimate of drug-likeness (QED) is 0.385. The number of halogens is 1. The number of nitro groups is 1. The molecule has 0 unspecified atom stereocenters. The fourth-order valence-electron chi connectivity index (χ4n) is 1.34. The van der Waals surface area contributed by atoms with Gasteiger partial charge in [-0.15, -0.1) is 12.3 Å². The molecule has 94 valence electrons. The topological polar surface area (TPSA) is 72.2 Å². The van der Waals surface area contributed by atoms with Gasteiger partial charge in [-0.2, -0.15) is 0 Å². The maximum Gasteiger partial charge on any atom is 0.282 e. The number of nitrogens with zero attached hydrogens (tertiary/aromatic N) is 1. The van der Waals surface area contributed by atoms with Crippen LogP contribution in [0, 0.1) is 22.5 Å². The molecule has 1 aromatic rings. The van der Waals surface area contributed by atoms with Crippen LogP contribution in [0.1, 0.15) is 23.2 Å². The molecule has 0 aliphatic carbocycles. The molecule has 0 radical (unpaired) electrons. The summed E-state index contributed by atoms with van der Waals surface area (Å²) >= 11 is 5.72. The van der Waals surface area contributed by atoms with E-state index in [-0.39, 0.29) is 16.3 Å². The standard InChI is InChI=1S/C12H11ClN2O3/c1-2-3-4-7-14-12(16)10-8-9(13)5-6-11(10)15(17)18/h1,5-6,8H,3-4,7H2,(H,14,16). The smallest absolute Gasteiger partial charge is 0.282 e. The predicted octanol–water partition coefficient (Wildman–Crippen LogP) is 2.39. The van der Waals surface area contributed by atoms with Crippen molar-refractivity contribution in [3.63, 3.8) is 0 Å². The zero-order chi connectivity index (χ0) is 13.5. The Balaban J connectivity index is 2.81. The van der Waals surface area contributed by atoms with Crippen LogP contribution < -0.4 is 5.32 Å². The van der Waals surface area contributed by atoms with Crippen molar-refractivity contribution in [2.45, 2.75) is 12.8 Å². The van der Waals surface area contributed by atoms with Crippen molar-refractivity contribution >= 4 is 23.2 Å². The highest BCUT2D eigenvalue weighted by Gasteiger charge is 2.19. The van der Waals surface area contributed by atoms with Gasteiger partial charge in [0.15, 0.2) is 0 Å². The van der Waals surface area contributed by atoms with E-state index in [2.05, 4.69) is 11.2 Å². The maximum atomic E-state index is 11.8. The molecule has 0 aromatic heterocycles. The molecule has 1 amide bonds. The van der Waals surface area contributed by atoms with Crippen molar-refractivity contribution in [3.05, 3.63) is 38.9 Å². The predicted molar refractivity (Wildman–Crippen MR) is 68.5 cm³/mol. The van der Waals surface area contributed by atoms with Crippen molar-refractivity contribution in [2.75, 3.05) is 6.54 Å². The van der Waals surface area contributed by atoms with Crippen LogP contribution in [0.4, 0.5) is 5.69 Å². The summed E-state index contributed by atoms with van der Waals surface area (Å²) in [4.78, 5) is 21.9. The van der Waals surface area contributed by atoms with E-state index in [1.165, 1.54) is 18.2 Å². The van der Waals surface area contributed by atoms with Crippen LogP contribution in [0.25, 0.3) is 0 Å². The summed E-state index contributed by atoms with van der Waals surface area (Å²) in [5.41, 5.74) is -0.318. The summed E-state index contributed by atoms with van der Waals surface area (Å²) in [6.07, 6.45) is 6.23. The molecular weight excluding hydrogens is 256 g/mol. The van der Waals surface area contributed by atoms with Crippen molar-refractivity contribution in [1.82, 2.24) is 5.32 Å². The minimum Gasteiger partial charge on any atom is -0.352 e. The third-order valence-corrected chi connectivity index (χ3v) is 2.42. The molecule has 1 rings (SSSR count). The molecule has 1 N–H and O–H groups in total. The maximum absolute atomic E-state index is 11.8. The normalized spacial score (nSPS) is 9.56. The van der Waals surface area contributed by atoms with Gasteiger partial charge < -0.3 is 5.32 Å². The first-order valence-electron chi connectivity index (χ1n) is 5.22.